The van der Waals surface area contributed by atoms with Crippen LogP contribution in [0.1, 0.15) is 45.2 Å². The Balaban J connectivity index is 2.34. The molecule has 1 heterocycles. The second kappa shape index (κ2) is 13.2. The highest BCUT2D eigenvalue weighted by molar-refractivity contribution is 5.65. The summed E-state index contributed by atoms with van der Waals surface area (Å²) in [5.41, 5.74) is 20.7. The van der Waals surface area contributed by atoms with Gasteiger partial charge in [0.15, 0.2) is 0 Å². The van der Waals surface area contributed by atoms with Gasteiger partial charge < -0.3 is 11.5 Å². The summed E-state index contributed by atoms with van der Waals surface area (Å²) < 4.78 is 41.8. The molecule has 0 aliphatic heterocycles. The zero-order valence-electron chi connectivity index (χ0n) is 22.3. The van der Waals surface area contributed by atoms with Crippen molar-refractivity contribution >= 4 is 17.3 Å². The Morgan fingerprint density at radius 2 is 1.89 bits per heavy atom. The first-order valence-electron chi connectivity index (χ1n) is 12.2. The second-order valence-electron chi connectivity index (χ2n) is 9.86. The van der Waals surface area contributed by atoms with Crippen molar-refractivity contribution in [3.05, 3.63) is 83.3 Å². The standard InChI is InChI=1S/C28H39F3N6/c1-18(2)10-11-21-14-22(16-23(29)15-21)25(32)13-12-24(20(4)37(6)17-28(5,30)31)19(3)35-36-27-9-7-8-26(33)34-27/h7-9,12-16,18,20,35H,3,10-11,17,32H2,1-2,4-6H3,(H3,33,34,36)/b24-12-,25-13-. The predicted octanol–water partition coefficient (Wildman–Crippen LogP) is 5.72. The smallest absolute Gasteiger partial charge is 0.257 e. The summed E-state index contributed by atoms with van der Waals surface area (Å²) in [6.07, 6.45) is 5.01. The largest absolute Gasteiger partial charge is 0.398 e. The minimum Gasteiger partial charge on any atom is -0.398 e. The van der Waals surface area contributed by atoms with Crippen LogP contribution in [0, 0.1) is 11.7 Å². The van der Waals surface area contributed by atoms with Gasteiger partial charge in [-0.1, -0.05) is 32.6 Å². The molecule has 1 unspecified atom stereocenters. The van der Waals surface area contributed by atoms with E-state index in [2.05, 4.69) is 36.3 Å². The van der Waals surface area contributed by atoms with Crippen molar-refractivity contribution in [2.45, 2.75) is 52.5 Å². The van der Waals surface area contributed by atoms with Gasteiger partial charge >= 0.3 is 0 Å². The molecule has 0 amide bonds. The number of pyridine rings is 1. The molecular weight excluding hydrogens is 477 g/mol. The van der Waals surface area contributed by atoms with Gasteiger partial charge in [0.25, 0.3) is 5.92 Å². The van der Waals surface area contributed by atoms with Gasteiger partial charge in [-0.15, -0.1) is 0 Å². The summed E-state index contributed by atoms with van der Waals surface area (Å²) in [6, 6.07) is 9.42. The molecule has 0 aliphatic carbocycles. The number of aromatic nitrogens is 1. The maximum atomic E-state index is 14.3. The van der Waals surface area contributed by atoms with Crippen molar-refractivity contribution in [3.8, 4) is 0 Å². The van der Waals surface area contributed by atoms with Gasteiger partial charge in [-0.25, -0.2) is 18.2 Å². The average Bonchev–Trinajstić information content (AvgIpc) is 2.79. The zero-order valence-corrected chi connectivity index (χ0v) is 22.3. The third-order valence-corrected chi connectivity index (χ3v) is 5.84. The highest BCUT2D eigenvalue weighted by atomic mass is 19.3. The first-order chi connectivity index (χ1) is 17.2. The third kappa shape index (κ3) is 10.2. The van der Waals surface area contributed by atoms with E-state index in [1.165, 1.54) is 17.0 Å². The molecule has 0 fully saturated rings. The van der Waals surface area contributed by atoms with Crippen molar-refractivity contribution in [2.24, 2.45) is 11.7 Å². The van der Waals surface area contributed by atoms with Crippen LogP contribution in [0.25, 0.3) is 5.70 Å². The van der Waals surface area contributed by atoms with E-state index in [9.17, 15) is 13.2 Å². The number of hydrogen-bond donors (Lipinski definition) is 4. The minimum atomic E-state index is -2.88. The van der Waals surface area contributed by atoms with E-state index in [-0.39, 0.29) is 5.82 Å². The van der Waals surface area contributed by atoms with Crippen molar-refractivity contribution in [2.75, 3.05) is 24.8 Å². The molecule has 9 heteroatoms. The number of hydrogen-bond acceptors (Lipinski definition) is 6. The molecule has 0 spiro atoms. The van der Waals surface area contributed by atoms with Crippen LogP contribution < -0.4 is 22.3 Å². The summed E-state index contributed by atoms with van der Waals surface area (Å²) in [5.74, 6) is -1.95. The highest BCUT2D eigenvalue weighted by Gasteiger charge is 2.27. The number of allylic oxidation sites excluding steroid dienone is 2. The number of halogens is 3. The third-order valence-electron chi connectivity index (χ3n) is 5.84. The van der Waals surface area contributed by atoms with Gasteiger partial charge in [-0.3, -0.25) is 15.8 Å². The van der Waals surface area contributed by atoms with Crippen LogP contribution in [-0.4, -0.2) is 35.4 Å². The number of benzene rings is 1. The van der Waals surface area contributed by atoms with Crippen LogP contribution in [0.5, 0.6) is 0 Å². The fourth-order valence-corrected chi connectivity index (χ4v) is 3.73. The fourth-order valence-electron chi connectivity index (χ4n) is 3.73. The van der Waals surface area contributed by atoms with E-state index in [1.54, 1.807) is 44.3 Å². The number of nitrogens with one attached hydrogen (secondary N) is 2. The number of hydrazine groups is 1. The molecular formula is C28H39F3N6. The molecule has 0 radical (unpaired) electrons. The molecule has 0 aliphatic rings. The number of rotatable bonds is 13. The lowest BCUT2D eigenvalue weighted by Crippen LogP contribution is -2.40. The number of aryl methyl sites for hydroxylation is 1. The lowest BCUT2D eigenvalue weighted by Gasteiger charge is -2.30. The summed E-state index contributed by atoms with van der Waals surface area (Å²) in [7, 11) is 1.61. The molecule has 37 heavy (non-hydrogen) atoms. The van der Waals surface area contributed by atoms with Crippen LogP contribution in [-0.2, 0) is 6.42 Å². The minimum absolute atomic E-state index is 0.338. The van der Waals surface area contributed by atoms with Gasteiger partial charge in [0.1, 0.15) is 17.5 Å². The molecule has 1 aromatic heterocycles. The Kier molecular flexibility index (Phi) is 10.6. The summed E-state index contributed by atoms with van der Waals surface area (Å²) in [4.78, 5) is 5.68. The molecule has 0 bridgehead atoms. The van der Waals surface area contributed by atoms with E-state index < -0.39 is 18.5 Å². The van der Waals surface area contributed by atoms with Gasteiger partial charge in [0, 0.05) is 24.2 Å². The van der Waals surface area contributed by atoms with Gasteiger partial charge in [0.2, 0.25) is 0 Å². The van der Waals surface area contributed by atoms with Crippen LogP contribution in [0.2, 0.25) is 0 Å². The second-order valence-corrected chi connectivity index (χ2v) is 9.86. The summed E-state index contributed by atoms with van der Waals surface area (Å²) in [6.45, 7) is 10.5. The lowest BCUT2D eigenvalue weighted by atomic mass is 9.99. The number of nitrogens with two attached hydrogens (primary N) is 2. The quantitative estimate of drug-likeness (QED) is 0.201. The van der Waals surface area contributed by atoms with Crippen LogP contribution in [0.3, 0.4) is 0 Å². The highest BCUT2D eigenvalue weighted by Crippen LogP contribution is 2.22. The zero-order chi connectivity index (χ0) is 27.8. The molecule has 6 nitrogen and oxygen atoms in total. The molecule has 202 valence electrons. The molecule has 0 saturated carbocycles. The molecule has 0 saturated heterocycles. The summed E-state index contributed by atoms with van der Waals surface area (Å²) >= 11 is 0. The van der Waals surface area contributed by atoms with Gasteiger partial charge in [0.05, 0.1) is 12.2 Å². The number of nitrogen functional groups attached to an aromatic ring is 1. The first kappa shape index (κ1) is 29.8. The van der Waals surface area contributed by atoms with E-state index in [1.807, 2.05) is 6.07 Å². The Bertz CT molecular complexity index is 1120. The van der Waals surface area contributed by atoms with E-state index >= 15 is 0 Å². The van der Waals surface area contributed by atoms with E-state index in [0.29, 0.717) is 40.1 Å². The average molecular weight is 517 g/mol. The topological polar surface area (TPSA) is 92.2 Å². The van der Waals surface area contributed by atoms with Crippen molar-refractivity contribution < 1.29 is 13.2 Å². The summed E-state index contributed by atoms with van der Waals surface area (Å²) in [5, 5.41) is 0. The van der Waals surface area contributed by atoms with E-state index in [4.69, 9.17) is 11.5 Å². The molecule has 1 atom stereocenters. The van der Waals surface area contributed by atoms with E-state index in [0.717, 1.165) is 25.3 Å². The van der Waals surface area contributed by atoms with Gasteiger partial charge in [-0.05, 0) is 80.3 Å². The van der Waals surface area contributed by atoms with Crippen molar-refractivity contribution in [3.63, 3.8) is 0 Å². The Morgan fingerprint density at radius 1 is 1.19 bits per heavy atom. The van der Waals surface area contributed by atoms with Crippen LogP contribution >= 0.6 is 0 Å². The number of nitrogens with zero attached hydrogens (tertiary/aromatic N) is 2. The van der Waals surface area contributed by atoms with Gasteiger partial charge in [-0.2, -0.15) is 0 Å². The Labute approximate surface area is 218 Å². The number of alkyl halides is 2. The Morgan fingerprint density at radius 3 is 2.51 bits per heavy atom. The molecule has 2 aromatic rings. The maximum Gasteiger partial charge on any atom is 0.257 e. The first-order valence-corrected chi connectivity index (χ1v) is 12.2. The normalized spacial score (nSPS) is 13.7. The molecule has 6 N–H and O–H groups in total. The maximum absolute atomic E-state index is 14.3. The van der Waals surface area contributed by atoms with Crippen LogP contribution in [0.4, 0.5) is 24.8 Å². The van der Waals surface area contributed by atoms with Crippen molar-refractivity contribution in [1.29, 1.82) is 0 Å². The molecule has 2 rings (SSSR count). The monoisotopic (exact) mass is 516 g/mol. The number of likely N-dealkylation sites (N-methyl/N-ethyl adjacent to an activating group) is 1. The van der Waals surface area contributed by atoms with Crippen LogP contribution in [0.15, 0.2) is 66.4 Å². The SMILES string of the molecule is C=C(NNc1cccc(N)n1)/C(=C/C=C(\N)c1cc(F)cc(CCC(C)C)c1)C(C)N(C)CC(C)(F)F. The van der Waals surface area contributed by atoms with Crippen molar-refractivity contribution in [1.82, 2.24) is 15.3 Å². The number of anilines is 2. The fraction of sp³-hybridized carbons (Fsp3) is 0.393. The molecule has 1 aromatic carbocycles. The predicted molar refractivity (Wildman–Crippen MR) is 147 cm³/mol. The lowest BCUT2D eigenvalue weighted by molar-refractivity contribution is -0.0131. The Hall–Kier alpha value is -3.46.